The van der Waals surface area contributed by atoms with E-state index < -0.39 is 10.0 Å². The average Bonchev–Trinajstić information content (AvgIpc) is 2.41. The summed E-state index contributed by atoms with van der Waals surface area (Å²) in [5.74, 6) is 2.07. The molecule has 0 aliphatic carbocycles. The summed E-state index contributed by atoms with van der Waals surface area (Å²) < 4.78 is 25.6. The third kappa shape index (κ3) is 4.35. The van der Waals surface area contributed by atoms with Crippen LogP contribution < -0.4 is 15.4 Å². The molecule has 3 N–H and O–H groups in total. The normalized spacial score (nSPS) is 10.8. The molecule has 0 aliphatic heterocycles. The van der Waals surface area contributed by atoms with Crippen LogP contribution in [-0.2, 0) is 14.8 Å². The first-order valence-electron chi connectivity index (χ1n) is 5.89. The van der Waals surface area contributed by atoms with Crippen molar-refractivity contribution < 1.29 is 13.2 Å². The predicted octanol–water partition coefficient (Wildman–Crippen LogP) is 0.0644. The van der Waals surface area contributed by atoms with Gasteiger partial charge in [-0.3, -0.25) is 10.1 Å². The van der Waals surface area contributed by atoms with Gasteiger partial charge in [0, 0.05) is 5.69 Å². The van der Waals surface area contributed by atoms with Crippen molar-refractivity contribution in [2.24, 2.45) is 0 Å². The highest BCUT2D eigenvalue weighted by molar-refractivity contribution is 7.89. The smallest absolute Gasteiger partial charge is 0.240 e. The van der Waals surface area contributed by atoms with Crippen LogP contribution in [0.25, 0.3) is 0 Å². The number of rotatable bonds is 6. The minimum Gasteiger partial charge on any atom is -0.325 e. The summed E-state index contributed by atoms with van der Waals surface area (Å²) in [6.07, 6.45) is 5.06. The number of terminal acetylenes is 1. The van der Waals surface area contributed by atoms with Crippen LogP contribution in [0, 0.1) is 19.3 Å². The Hall–Kier alpha value is -1.88. The Morgan fingerprint density at radius 3 is 2.70 bits per heavy atom. The number of nitrogens with one attached hydrogen (secondary N) is 3. The molecular weight excluding hydrogens is 278 g/mol. The van der Waals surface area contributed by atoms with Crippen LogP contribution in [0.5, 0.6) is 0 Å². The zero-order chi connectivity index (χ0) is 15.2. The maximum absolute atomic E-state index is 11.7. The molecule has 0 spiro atoms. The Morgan fingerprint density at radius 1 is 1.40 bits per heavy atom. The van der Waals surface area contributed by atoms with Gasteiger partial charge in [0.15, 0.2) is 0 Å². The maximum atomic E-state index is 11.7. The molecule has 7 heteroatoms. The highest BCUT2D eigenvalue weighted by Crippen LogP contribution is 2.19. The van der Waals surface area contributed by atoms with Crippen molar-refractivity contribution in [1.29, 1.82) is 0 Å². The Balaban J connectivity index is 2.88. The monoisotopic (exact) mass is 295 g/mol. The minimum atomic E-state index is -3.54. The summed E-state index contributed by atoms with van der Waals surface area (Å²) in [6.45, 7) is 2.13. The van der Waals surface area contributed by atoms with Crippen molar-refractivity contribution in [2.75, 3.05) is 25.5 Å². The Labute approximate surface area is 119 Å². The van der Waals surface area contributed by atoms with E-state index in [-0.39, 0.29) is 17.3 Å². The van der Waals surface area contributed by atoms with E-state index >= 15 is 0 Å². The van der Waals surface area contributed by atoms with Crippen LogP contribution in [0.3, 0.4) is 0 Å². The van der Waals surface area contributed by atoms with Gasteiger partial charge >= 0.3 is 0 Å². The van der Waals surface area contributed by atoms with E-state index in [1.54, 1.807) is 13.0 Å². The number of benzene rings is 1. The first-order chi connectivity index (χ1) is 9.40. The Bertz CT molecular complexity index is 633. The molecule has 0 aromatic heterocycles. The van der Waals surface area contributed by atoms with Gasteiger partial charge in [-0.15, -0.1) is 6.42 Å². The second-order valence-electron chi connectivity index (χ2n) is 4.04. The lowest BCUT2D eigenvalue weighted by Crippen LogP contribution is -2.28. The number of anilines is 1. The molecule has 1 amide bonds. The van der Waals surface area contributed by atoms with E-state index in [1.165, 1.54) is 19.2 Å². The van der Waals surface area contributed by atoms with Crippen molar-refractivity contribution in [3.8, 4) is 12.3 Å². The molecule has 0 aliphatic rings. The zero-order valence-corrected chi connectivity index (χ0v) is 12.2. The van der Waals surface area contributed by atoms with Gasteiger partial charge in [0.2, 0.25) is 15.9 Å². The van der Waals surface area contributed by atoms with Crippen molar-refractivity contribution in [3.63, 3.8) is 0 Å². The van der Waals surface area contributed by atoms with Gasteiger partial charge in [-0.2, -0.15) is 0 Å². The highest BCUT2D eigenvalue weighted by Gasteiger charge is 2.13. The number of carbonyl (C=O) groups is 1. The average molecular weight is 295 g/mol. The summed E-state index contributed by atoms with van der Waals surface area (Å²) in [5.41, 5.74) is 1.22. The minimum absolute atomic E-state index is 0.0621. The Morgan fingerprint density at radius 2 is 2.10 bits per heavy atom. The van der Waals surface area contributed by atoms with E-state index in [4.69, 9.17) is 6.42 Å². The second kappa shape index (κ2) is 7.05. The lowest BCUT2D eigenvalue weighted by molar-refractivity contribution is -0.115. The van der Waals surface area contributed by atoms with E-state index in [0.717, 1.165) is 5.56 Å². The molecule has 0 heterocycles. The number of aryl methyl sites for hydroxylation is 1. The van der Waals surface area contributed by atoms with E-state index in [2.05, 4.69) is 21.3 Å². The van der Waals surface area contributed by atoms with Gasteiger partial charge in [0.05, 0.1) is 18.0 Å². The molecule has 0 fully saturated rings. The van der Waals surface area contributed by atoms with Crippen molar-refractivity contribution in [1.82, 2.24) is 10.0 Å². The van der Waals surface area contributed by atoms with Crippen LogP contribution in [-0.4, -0.2) is 34.5 Å². The quantitative estimate of drug-likeness (QED) is 0.512. The Kier molecular flexibility index (Phi) is 5.70. The van der Waals surface area contributed by atoms with Gasteiger partial charge in [0.25, 0.3) is 0 Å². The van der Waals surface area contributed by atoms with Crippen LogP contribution in [0.15, 0.2) is 23.1 Å². The first-order valence-corrected chi connectivity index (χ1v) is 7.37. The molecule has 1 aromatic carbocycles. The van der Waals surface area contributed by atoms with Crippen molar-refractivity contribution in [3.05, 3.63) is 23.8 Å². The maximum Gasteiger partial charge on any atom is 0.240 e. The molecule has 20 heavy (non-hydrogen) atoms. The van der Waals surface area contributed by atoms with Gasteiger partial charge in [-0.25, -0.2) is 13.1 Å². The second-order valence-corrected chi connectivity index (χ2v) is 5.93. The number of sulfonamides is 1. The van der Waals surface area contributed by atoms with Crippen LogP contribution in [0.2, 0.25) is 0 Å². The highest BCUT2D eigenvalue weighted by atomic mass is 32.2. The van der Waals surface area contributed by atoms with Gasteiger partial charge < -0.3 is 5.32 Å². The molecule has 108 valence electrons. The van der Waals surface area contributed by atoms with Crippen molar-refractivity contribution in [2.45, 2.75) is 11.8 Å². The molecule has 0 radical (unpaired) electrons. The summed E-state index contributed by atoms with van der Waals surface area (Å²) in [5, 5.41) is 5.40. The molecule has 1 aromatic rings. The number of hydrogen-bond donors (Lipinski definition) is 3. The van der Waals surface area contributed by atoms with Crippen LogP contribution >= 0.6 is 0 Å². The standard InChI is InChI=1S/C13H17N3O3S/c1-4-7-15-9-13(17)16-12-8-11(6-5-10(12)2)20(18,19)14-3/h1,5-6,8,14-15H,7,9H2,2-3H3,(H,16,17). The van der Waals surface area contributed by atoms with Crippen LogP contribution in [0.1, 0.15) is 5.56 Å². The SMILES string of the molecule is C#CCNCC(=O)Nc1cc(S(=O)(=O)NC)ccc1C. The topological polar surface area (TPSA) is 87.3 Å². The summed E-state index contributed by atoms with van der Waals surface area (Å²) >= 11 is 0. The summed E-state index contributed by atoms with van der Waals surface area (Å²) in [6, 6.07) is 4.53. The third-order valence-corrected chi connectivity index (χ3v) is 3.99. The largest absolute Gasteiger partial charge is 0.325 e. The molecule has 0 bridgehead atoms. The van der Waals surface area contributed by atoms with Crippen LogP contribution in [0.4, 0.5) is 5.69 Å². The number of carbonyl (C=O) groups excluding carboxylic acids is 1. The molecule has 6 nitrogen and oxygen atoms in total. The van der Waals surface area contributed by atoms with E-state index in [9.17, 15) is 13.2 Å². The lowest BCUT2D eigenvalue weighted by atomic mass is 10.2. The fourth-order valence-electron chi connectivity index (χ4n) is 1.46. The molecule has 0 saturated heterocycles. The third-order valence-electron chi connectivity index (χ3n) is 2.57. The molecule has 1 rings (SSSR count). The fourth-order valence-corrected chi connectivity index (χ4v) is 2.22. The lowest BCUT2D eigenvalue weighted by Gasteiger charge is -2.11. The molecule has 0 atom stereocenters. The first kappa shape index (κ1) is 16.2. The molecule has 0 saturated carbocycles. The molecule has 0 unspecified atom stereocenters. The van der Waals surface area contributed by atoms with E-state index in [1.807, 2.05) is 0 Å². The van der Waals surface area contributed by atoms with Gasteiger partial charge in [-0.05, 0) is 31.7 Å². The number of hydrogen-bond acceptors (Lipinski definition) is 4. The summed E-state index contributed by atoms with van der Waals surface area (Å²) in [7, 11) is -2.21. The predicted molar refractivity (Wildman–Crippen MR) is 77.8 cm³/mol. The number of amides is 1. The summed E-state index contributed by atoms with van der Waals surface area (Å²) in [4.78, 5) is 11.8. The van der Waals surface area contributed by atoms with Gasteiger partial charge in [0.1, 0.15) is 0 Å². The zero-order valence-electron chi connectivity index (χ0n) is 11.4. The van der Waals surface area contributed by atoms with Gasteiger partial charge in [-0.1, -0.05) is 12.0 Å². The molecular formula is C13H17N3O3S. The van der Waals surface area contributed by atoms with Crippen molar-refractivity contribution >= 4 is 21.6 Å². The van der Waals surface area contributed by atoms with E-state index in [0.29, 0.717) is 12.2 Å². The fraction of sp³-hybridized carbons (Fsp3) is 0.308.